The molecule has 0 saturated carbocycles. The molecule has 1 fully saturated rings. The van der Waals surface area contributed by atoms with Crippen LogP contribution < -0.4 is 5.32 Å². The van der Waals surface area contributed by atoms with Crippen LogP contribution in [0.3, 0.4) is 0 Å². The van der Waals surface area contributed by atoms with Crippen molar-refractivity contribution in [2.45, 2.75) is 13.0 Å². The van der Waals surface area contributed by atoms with E-state index in [0.29, 0.717) is 0 Å². The van der Waals surface area contributed by atoms with Gasteiger partial charge in [0, 0.05) is 38.8 Å². The van der Waals surface area contributed by atoms with Crippen LogP contribution in [-0.4, -0.2) is 48.9 Å². The zero-order valence-electron chi connectivity index (χ0n) is 12.0. The van der Waals surface area contributed by atoms with Gasteiger partial charge in [-0.1, -0.05) is 12.1 Å². The van der Waals surface area contributed by atoms with Crippen LogP contribution in [0.4, 0.5) is 5.69 Å². The Balaban J connectivity index is 2.08. The Morgan fingerprint density at radius 2 is 1.85 bits per heavy atom. The zero-order valence-corrected chi connectivity index (χ0v) is 12.0. The molecule has 1 heterocycles. The number of nitrogens with zero attached hydrogens (tertiary/aromatic N) is 3. The SMILES string of the molecule is CC(=O)Nc1ccc(C(C#N)N2CCN(C)CC2)cc1. The Labute approximate surface area is 119 Å². The highest BCUT2D eigenvalue weighted by molar-refractivity contribution is 5.88. The molecule has 106 valence electrons. The van der Waals surface area contributed by atoms with Crippen molar-refractivity contribution in [3.8, 4) is 6.07 Å². The molecule has 1 N–H and O–H groups in total. The van der Waals surface area contributed by atoms with E-state index in [4.69, 9.17) is 0 Å². The Hall–Kier alpha value is -1.90. The molecule has 0 aromatic heterocycles. The molecule has 0 radical (unpaired) electrons. The fourth-order valence-electron chi connectivity index (χ4n) is 2.40. The highest BCUT2D eigenvalue weighted by Crippen LogP contribution is 2.22. The molecule has 20 heavy (non-hydrogen) atoms. The van der Waals surface area contributed by atoms with Crippen molar-refractivity contribution in [3.05, 3.63) is 29.8 Å². The van der Waals surface area contributed by atoms with E-state index in [-0.39, 0.29) is 11.9 Å². The number of carbonyl (C=O) groups excluding carboxylic acids is 1. The lowest BCUT2D eigenvalue weighted by atomic mass is 10.1. The third kappa shape index (κ3) is 3.56. The number of anilines is 1. The Bertz CT molecular complexity index is 498. The predicted octanol–water partition coefficient (Wildman–Crippen LogP) is 1.46. The van der Waals surface area contributed by atoms with Crippen LogP contribution in [0.5, 0.6) is 0 Å². The summed E-state index contributed by atoms with van der Waals surface area (Å²) in [5, 5.41) is 12.2. The minimum Gasteiger partial charge on any atom is -0.326 e. The van der Waals surface area contributed by atoms with Crippen LogP contribution in [0.15, 0.2) is 24.3 Å². The van der Waals surface area contributed by atoms with Gasteiger partial charge in [-0.05, 0) is 24.7 Å². The van der Waals surface area contributed by atoms with Gasteiger partial charge in [0.25, 0.3) is 0 Å². The van der Waals surface area contributed by atoms with Crippen LogP contribution in [0.1, 0.15) is 18.5 Å². The van der Waals surface area contributed by atoms with Crippen LogP contribution in [0.2, 0.25) is 0 Å². The standard InChI is InChI=1S/C15H20N4O/c1-12(20)17-14-5-3-13(4-6-14)15(11-16)19-9-7-18(2)8-10-19/h3-6,15H,7-10H2,1-2H3,(H,17,20). The minimum absolute atomic E-state index is 0.0892. The van der Waals surface area contributed by atoms with Crippen LogP contribution in [0.25, 0.3) is 0 Å². The quantitative estimate of drug-likeness (QED) is 0.905. The van der Waals surface area contributed by atoms with Crippen LogP contribution in [0, 0.1) is 11.3 Å². The number of piperazine rings is 1. The first kappa shape index (κ1) is 14.5. The first-order valence-corrected chi connectivity index (χ1v) is 6.80. The summed E-state index contributed by atoms with van der Waals surface area (Å²) in [5.41, 5.74) is 1.74. The molecule has 5 nitrogen and oxygen atoms in total. The van der Waals surface area contributed by atoms with E-state index in [2.05, 4.69) is 28.2 Å². The van der Waals surface area contributed by atoms with Crippen molar-refractivity contribution in [1.82, 2.24) is 9.80 Å². The van der Waals surface area contributed by atoms with Gasteiger partial charge in [-0.2, -0.15) is 5.26 Å². The molecule has 2 rings (SSSR count). The summed E-state index contributed by atoms with van der Waals surface area (Å²) >= 11 is 0. The Morgan fingerprint density at radius 1 is 1.25 bits per heavy atom. The first-order chi connectivity index (χ1) is 9.60. The molecule has 1 aromatic rings. The molecule has 0 spiro atoms. The second-order valence-corrected chi connectivity index (χ2v) is 5.17. The molecule has 1 unspecified atom stereocenters. The summed E-state index contributed by atoms with van der Waals surface area (Å²) in [5.74, 6) is -0.0892. The zero-order chi connectivity index (χ0) is 14.5. The van der Waals surface area contributed by atoms with Gasteiger partial charge in [0.1, 0.15) is 6.04 Å². The lowest BCUT2D eigenvalue weighted by Gasteiger charge is -2.35. The average molecular weight is 272 g/mol. The predicted molar refractivity (Wildman–Crippen MR) is 78.2 cm³/mol. The highest BCUT2D eigenvalue weighted by atomic mass is 16.1. The molecule has 0 aliphatic carbocycles. The summed E-state index contributed by atoms with van der Waals surface area (Å²) in [4.78, 5) is 15.5. The van der Waals surface area contributed by atoms with E-state index in [1.54, 1.807) is 0 Å². The van der Waals surface area contributed by atoms with E-state index >= 15 is 0 Å². The molecule has 1 saturated heterocycles. The van der Waals surface area contributed by atoms with Crippen molar-refractivity contribution >= 4 is 11.6 Å². The molecule has 1 aromatic carbocycles. The summed E-state index contributed by atoms with van der Waals surface area (Å²) in [7, 11) is 2.10. The molecule has 1 amide bonds. The number of carbonyl (C=O) groups is 1. The van der Waals surface area contributed by atoms with Gasteiger partial charge < -0.3 is 10.2 Å². The number of benzene rings is 1. The van der Waals surface area contributed by atoms with E-state index in [1.165, 1.54) is 6.92 Å². The Morgan fingerprint density at radius 3 is 2.35 bits per heavy atom. The smallest absolute Gasteiger partial charge is 0.221 e. The number of nitrogens with one attached hydrogen (secondary N) is 1. The highest BCUT2D eigenvalue weighted by Gasteiger charge is 2.23. The van der Waals surface area contributed by atoms with Gasteiger partial charge in [-0.3, -0.25) is 9.69 Å². The molecule has 1 aliphatic rings. The second kappa shape index (κ2) is 6.51. The number of hydrogen-bond donors (Lipinski definition) is 1. The minimum atomic E-state index is -0.213. The van der Waals surface area contributed by atoms with Gasteiger partial charge >= 0.3 is 0 Å². The number of nitriles is 1. The van der Waals surface area contributed by atoms with Gasteiger partial charge in [0.05, 0.1) is 6.07 Å². The first-order valence-electron chi connectivity index (χ1n) is 6.80. The average Bonchev–Trinajstić information content (AvgIpc) is 2.43. The van der Waals surface area contributed by atoms with Crippen LogP contribution in [-0.2, 0) is 4.79 Å². The molecular formula is C15H20N4O. The second-order valence-electron chi connectivity index (χ2n) is 5.17. The molecule has 5 heteroatoms. The number of amides is 1. The van der Waals surface area contributed by atoms with Gasteiger partial charge in [0.15, 0.2) is 0 Å². The van der Waals surface area contributed by atoms with Crippen molar-refractivity contribution < 1.29 is 4.79 Å². The van der Waals surface area contributed by atoms with Crippen molar-refractivity contribution in [1.29, 1.82) is 5.26 Å². The Kier molecular flexibility index (Phi) is 4.72. The van der Waals surface area contributed by atoms with Crippen molar-refractivity contribution in [2.75, 3.05) is 38.5 Å². The number of likely N-dealkylation sites (N-methyl/N-ethyl adjacent to an activating group) is 1. The fourth-order valence-corrected chi connectivity index (χ4v) is 2.40. The summed E-state index contributed by atoms with van der Waals surface area (Å²) < 4.78 is 0. The lowest BCUT2D eigenvalue weighted by molar-refractivity contribution is -0.114. The van der Waals surface area contributed by atoms with E-state index in [9.17, 15) is 10.1 Å². The molecule has 1 atom stereocenters. The fraction of sp³-hybridized carbons (Fsp3) is 0.467. The van der Waals surface area contributed by atoms with Gasteiger partial charge in [0.2, 0.25) is 5.91 Å². The third-order valence-corrected chi connectivity index (χ3v) is 3.57. The normalized spacial score (nSPS) is 18.2. The van der Waals surface area contributed by atoms with Gasteiger partial charge in [-0.25, -0.2) is 0 Å². The van der Waals surface area contributed by atoms with Crippen LogP contribution >= 0.6 is 0 Å². The topological polar surface area (TPSA) is 59.4 Å². The maximum absolute atomic E-state index is 11.0. The molecular weight excluding hydrogens is 252 g/mol. The summed E-state index contributed by atoms with van der Waals surface area (Å²) in [6.07, 6.45) is 0. The third-order valence-electron chi connectivity index (χ3n) is 3.57. The maximum Gasteiger partial charge on any atom is 0.221 e. The number of hydrogen-bond acceptors (Lipinski definition) is 4. The van der Waals surface area contributed by atoms with E-state index < -0.39 is 0 Å². The number of rotatable bonds is 3. The monoisotopic (exact) mass is 272 g/mol. The van der Waals surface area contributed by atoms with Gasteiger partial charge in [-0.15, -0.1) is 0 Å². The lowest BCUT2D eigenvalue weighted by Crippen LogP contribution is -2.45. The van der Waals surface area contributed by atoms with Crippen molar-refractivity contribution in [2.24, 2.45) is 0 Å². The van der Waals surface area contributed by atoms with E-state index in [1.807, 2.05) is 24.3 Å². The maximum atomic E-state index is 11.0. The summed E-state index contributed by atoms with van der Waals surface area (Å²) in [6.45, 7) is 5.27. The van der Waals surface area contributed by atoms with Crippen molar-refractivity contribution in [3.63, 3.8) is 0 Å². The molecule has 1 aliphatic heterocycles. The van der Waals surface area contributed by atoms with E-state index in [0.717, 1.165) is 37.4 Å². The summed E-state index contributed by atoms with van der Waals surface area (Å²) in [6, 6.07) is 9.69. The largest absolute Gasteiger partial charge is 0.326 e. The molecule has 0 bridgehead atoms.